The number of nitrogens with zero attached hydrogens (tertiary/aromatic N) is 1. The highest BCUT2D eigenvalue weighted by molar-refractivity contribution is 6.34. The van der Waals surface area contributed by atoms with E-state index < -0.39 is 0 Å². The van der Waals surface area contributed by atoms with Crippen LogP contribution >= 0.6 is 23.2 Å². The van der Waals surface area contributed by atoms with Crippen molar-refractivity contribution >= 4 is 29.2 Å². The van der Waals surface area contributed by atoms with Crippen LogP contribution in [0.5, 0.6) is 0 Å². The van der Waals surface area contributed by atoms with Crippen LogP contribution in [0.3, 0.4) is 0 Å². The van der Waals surface area contributed by atoms with Crippen LogP contribution in [0.25, 0.3) is 0 Å². The molecule has 0 unspecified atom stereocenters. The van der Waals surface area contributed by atoms with Gasteiger partial charge in [-0.15, -0.1) is 0 Å². The van der Waals surface area contributed by atoms with Crippen LogP contribution in [-0.4, -0.2) is 30.6 Å². The molecule has 0 aliphatic heterocycles. The van der Waals surface area contributed by atoms with Gasteiger partial charge in [-0.1, -0.05) is 23.2 Å². The van der Waals surface area contributed by atoms with Gasteiger partial charge in [0.2, 0.25) is 0 Å². The number of carbonyl (C=O) groups is 1. The summed E-state index contributed by atoms with van der Waals surface area (Å²) in [5.74, 6) is 0. The quantitative estimate of drug-likeness (QED) is 0.882. The Bertz CT molecular complexity index is 386. The van der Waals surface area contributed by atoms with Crippen molar-refractivity contribution in [1.82, 2.24) is 10.2 Å². The molecule has 0 saturated heterocycles. The van der Waals surface area contributed by atoms with Crippen molar-refractivity contribution in [2.45, 2.75) is 20.3 Å². The predicted octanol–water partition coefficient (Wildman–Crippen LogP) is 3.59. The van der Waals surface area contributed by atoms with E-state index in [1.54, 1.807) is 11.0 Å². The molecule has 0 radical (unpaired) electrons. The zero-order valence-corrected chi connectivity index (χ0v) is 12.2. The second kappa shape index (κ2) is 7.49. The van der Waals surface area contributed by atoms with Crippen LogP contribution in [0.15, 0.2) is 18.2 Å². The minimum Gasteiger partial charge on any atom is -0.338 e. The summed E-state index contributed by atoms with van der Waals surface area (Å²) in [5.41, 5.74) is 1.02. The number of rotatable bonds is 5. The first-order chi connectivity index (χ1) is 8.56. The standard InChI is InChI=1S/C13H18Cl2N2O/c1-3-17(4-2)13(18)16-6-5-10-7-11(14)9-12(15)8-10/h7-9H,3-6H2,1-2H3,(H,16,18). The summed E-state index contributed by atoms with van der Waals surface area (Å²) in [5, 5.41) is 4.11. The monoisotopic (exact) mass is 288 g/mol. The highest BCUT2D eigenvalue weighted by Gasteiger charge is 2.07. The Kier molecular flexibility index (Phi) is 6.30. The number of benzene rings is 1. The van der Waals surface area contributed by atoms with Crippen LogP contribution in [0.1, 0.15) is 19.4 Å². The number of amides is 2. The van der Waals surface area contributed by atoms with E-state index in [9.17, 15) is 4.79 Å². The van der Waals surface area contributed by atoms with Gasteiger partial charge in [-0.05, 0) is 44.0 Å². The maximum atomic E-state index is 11.7. The number of hydrogen-bond acceptors (Lipinski definition) is 1. The fraction of sp³-hybridized carbons (Fsp3) is 0.462. The van der Waals surface area contributed by atoms with Gasteiger partial charge in [0, 0.05) is 29.7 Å². The molecule has 0 aliphatic rings. The Morgan fingerprint density at radius 3 is 2.22 bits per heavy atom. The van der Waals surface area contributed by atoms with Gasteiger partial charge in [-0.2, -0.15) is 0 Å². The molecular formula is C13H18Cl2N2O. The molecule has 3 nitrogen and oxygen atoms in total. The highest BCUT2D eigenvalue weighted by Crippen LogP contribution is 2.19. The third-order valence-electron chi connectivity index (χ3n) is 2.66. The smallest absolute Gasteiger partial charge is 0.317 e. The molecule has 0 aromatic heterocycles. The highest BCUT2D eigenvalue weighted by atomic mass is 35.5. The lowest BCUT2D eigenvalue weighted by Gasteiger charge is -2.19. The Morgan fingerprint density at radius 1 is 1.17 bits per heavy atom. The Hall–Kier alpha value is -0.930. The zero-order valence-electron chi connectivity index (χ0n) is 10.7. The molecule has 5 heteroatoms. The predicted molar refractivity (Wildman–Crippen MR) is 76.5 cm³/mol. The fourth-order valence-electron chi connectivity index (χ4n) is 1.69. The molecular weight excluding hydrogens is 271 g/mol. The second-order valence-electron chi connectivity index (χ2n) is 3.93. The van der Waals surface area contributed by atoms with Gasteiger partial charge in [0.15, 0.2) is 0 Å². The summed E-state index contributed by atoms with van der Waals surface area (Å²) in [6, 6.07) is 5.38. The Balaban J connectivity index is 2.44. The van der Waals surface area contributed by atoms with Crippen molar-refractivity contribution in [3.05, 3.63) is 33.8 Å². The van der Waals surface area contributed by atoms with Crippen molar-refractivity contribution < 1.29 is 4.79 Å². The van der Waals surface area contributed by atoms with E-state index in [2.05, 4.69) is 5.32 Å². The molecule has 0 saturated carbocycles. The average Bonchev–Trinajstić information content (AvgIpc) is 2.29. The first kappa shape index (κ1) is 15.1. The topological polar surface area (TPSA) is 32.3 Å². The fourth-order valence-corrected chi connectivity index (χ4v) is 2.26. The third-order valence-corrected chi connectivity index (χ3v) is 3.10. The minimum atomic E-state index is -0.0341. The maximum Gasteiger partial charge on any atom is 0.317 e. The largest absolute Gasteiger partial charge is 0.338 e. The summed E-state index contributed by atoms with van der Waals surface area (Å²) in [6.45, 7) is 5.92. The van der Waals surface area contributed by atoms with Crippen molar-refractivity contribution in [3.63, 3.8) is 0 Å². The molecule has 18 heavy (non-hydrogen) atoms. The van der Waals surface area contributed by atoms with Gasteiger partial charge in [-0.25, -0.2) is 4.79 Å². The molecule has 0 fully saturated rings. The number of carbonyl (C=O) groups excluding carboxylic acids is 1. The molecule has 0 spiro atoms. The van der Waals surface area contributed by atoms with Gasteiger partial charge in [0.1, 0.15) is 0 Å². The maximum absolute atomic E-state index is 11.7. The molecule has 1 rings (SSSR count). The lowest BCUT2D eigenvalue weighted by atomic mass is 10.1. The Labute approximate surface area is 118 Å². The van der Waals surface area contributed by atoms with E-state index in [-0.39, 0.29) is 6.03 Å². The second-order valence-corrected chi connectivity index (χ2v) is 4.80. The van der Waals surface area contributed by atoms with Crippen molar-refractivity contribution in [2.24, 2.45) is 0 Å². The van der Waals surface area contributed by atoms with E-state index in [0.29, 0.717) is 36.1 Å². The van der Waals surface area contributed by atoms with Crippen LogP contribution < -0.4 is 5.32 Å². The van der Waals surface area contributed by atoms with E-state index in [1.807, 2.05) is 26.0 Å². The first-order valence-corrected chi connectivity index (χ1v) is 6.80. The van der Waals surface area contributed by atoms with E-state index in [1.165, 1.54) is 0 Å². The summed E-state index contributed by atoms with van der Waals surface area (Å²) < 4.78 is 0. The minimum absolute atomic E-state index is 0.0341. The number of nitrogens with one attached hydrogen (secondary N) is 1. The van der Waals surface area contributed by atoms with Gasteiger partial charge in [0.25, 0.3) is 0 Å². The summed E-state index contributed by atoms with van der Waals surface area (Å²) in [6.07, 6.45) is 0.716. The summed E-state index contributed by atoms with van der Waals surface area (Å²) >= 11 is 11.8. The molecule has 100 valence electrons. The van der Waals surface area contributed by atoms with Crippen molar-refractivity contribution in [2.75, 3.05) is 19.6 Å². The molecule has 1 N–H and O–H groups in total. The van der Waals surface area contributed by atoms with Crippen LogP contribution in [0.4, 0.5) is 4.79 Å². The molecule has 0 aliphatic carbocycles. The molecule has 0 bridgehead atoms. The first-order valence-electron chi connectivity index (χ1n) is 6.04. The van der Waals surface area contributed by atoms with Crippen molar-refractivity contribution in [1.29, 1.82) is 0 Å². The van der Waals surface area contributed by atoms with Gasteiger partial charge < -0.3 is 10.2 Å². The van der Waals surface area contributed by atoms with Gasteiger partial charge >= 0.3 is 6.03 Å². The van der Waals surface area contributed by atoms with Gasteiger partial charge in [-0.3, -0.25) is 0 Å². The average molecular weight is 289 g/mol. The van der Waals surface area contributed by atoms with Crippen LogP contribution in [-0.2, 0) is 6.42 Å². The molecule has 2 amide bonds. The summed E-state index contributed by atoms with van der Waals surface area (Å²) in [4.78, 5) is 13.4. The molecule has 0 atom stereocenters. The third kappa shape index (κ3) is 4.75. The number of hydrogen-bond donors (Lipinski definition) is 1. The van der Waals surface area contributed by atoms with Gasteiger partial charge in [0.05, 0.1) is 0 Å². The SMILES string of the molecule is CCN(CC)C(=O)NCCc1cc(Cl)cc(Cl)c1. The number of urea groups is 1. The van der Waals surface area contributed by atoms with Crippen molar-refractivity contribution in [3.8, 4) is 0 Å². The van der Waals surface area contributed by atoms with E-state index >= 15 is 0 Å². The Morgan fingerprint density at radius 2 is 1.72 bits per heavy atom. The normalized spacial score (nSPS) is 10.2. The van der Waals surface area contributed by atoms with E-state index in [4.69, 9.17) is 23.2 Å². The number of halogens is 2. The van der Waals surface area contributed by atoms with Crippen LogP contribution in [0.2, 0.25) is 10.0 Å². The molecule has 0 heterocycles. The lowest BCUT2D eigenvalue weighted by Crippen LogP contribution is -2.40. The van der Waals surface area contributed by atoms with E-state index in [0.717, 1.165) is 5.56 Å². The zero-order chi connectivity index (χ0) is 13.5. The molecule has 1 aromatic carbocycles. The summed E-state index contributed by atoms with van der Waals surface area (Å²) in [7, 11) is 0. The van der Waals surface area contributed by atoms with Crippen LogP contribution in [0, 0.1) is 0 Å². The molecule has 1 aromatic rings. The lowest BCUT2D eigenvalue weighted by molar-refractivity contribution is 0.203.